The standard InChI is InChI=1S/C10H12BrNO2/c1-7(13)6-12-8-3-4-10(14-2)9(11)5-8/h3-5,12H,6H2,1-2H3. The number of hydrogen-bond donors (Lipinski definition) is 1. The van der Waals surface area contributed by atoms with Crippen LogP contribution in [0.5, 0.6) is 5.75 Å². The summed E-state index contributed by atoms with van der Waals surface area (Å²) in [5.74, 6) is 0.885. The summed E-state index contributed by atoms with van der Waals surface area (Å²) in [5.41, 5.74) is 0.896. The van der Waals surface area contributed by atoms with E-state index in [-0.39, 0.29) is 5.78 Å². The van der Waals surface area contributed by atoms with Crippen molar-refractivity contribution in [2.45, 2.75) is 6.92 Å². The van der Waals surface area contributed by atoms with E-state index in [1.807, 2.05) is 18.2 Å². The highest BCUT2D eigenvalue weighted by Gasteiger charge is 2.01. The second kappa shape index (κ2) is 5.00. The molecule has 0 bridgehead atoms. The Morgan fingerprint density at radius 3 is 2.79 bits per heavy atom. The first-order valence-corrected chi connectivity index (χ1v) is 4.99. The molecular formula is C10H12BrNO2. The third kappa shape index (κ3) is 3.03. The number of nitrogens with one attached hydrogen (secondary N) is 1. The van der Waals surface area contributed by atoms with Crippen molar-refractivity contribution < 1.29 is 9.53 Å². The lowest BCUT2D eigenvalue weighted by Crippen LogP contribution is -2.09. The Labute approximate surface area is 91.6 Å². The van der Waals surface area contributed by atoms with Gasteiger partial charge in [-0.2, -0.15) is 0 Å². The van der Waals surface area contributed by atoms with Crippen molar-refractivity contribution in [2.24, 2.45) is 0 Å². The van der Waals surface area contributed by atoms with Crippen LogP contribution in [-0.4, -0.2) is 19.4 Å². The highest BCUT2D eigenvalue weighted by molar-refractivity contribution is 9.10. The number of methoxy groups -OCH3 is 1. The Hall–Kier alpha value is -1.03. The van der Waals surface area contributed by atoms with E-state index in [1.54, 1.807) is 14.0 Å². The molecule has 0 atom stereocenters. The van der Waals surface area contributed by atoms with E-state index in [1.165, 1.54) is 0 Å². The van der Waals surface area contributed by atoms with Crippen LogP contribution in [0.15, 0.2) is 22.7 Å². The zero-order valence-corrected chi connectivity index (χ0v) is 9.72. The third-order valence-corrected chi connectivity index (χ3v) is 2.31. The molecule has 0 radical (unpaired) electrons. The zero-order valence-electron chi connectivity index (χ0n) is 8.13. The molecule has 0 fully saturated rings. The molecule has 0 saturated heterocycles. The summed E-state index contributed by atoms with van der Waals surface area (Å²) < 4.78 is 5.95. The van der Waals surface area contributed by atoms with Crippen LogP contribution in [-0.2, 0) is 4.79 Å². The van der Waals surface area contributed by atoms with Gasteiger partial charge < -0.3 is 10.1 Å². The summed E-state index contributed by atoms with van der Waals surface area (Å²) in [6.07, 6.45) is 0. The van der Waals surface area contributed by atoms with Crippen LogP contribution in [0.4, 0.5) is 5.69 Å². The molecule has 0 amide bonds. The van der Waals surface area contributed by atoms with Crippen LogP contribution in [0, 0.1) is 0 Å². The summed E-state index contributed by atoms with van der Waals surface area (Å²) in [6, 6.07) is 5.58. The molecule has 0 spiro atoms. The van der Waals surface area contributed by atoms with Gasteiger partial charge in [-0.1, -0.05) is 0 Å². The number of halogens is 1. The Kier molecular flexibility index (Phi) is 3.95. The van der Waals surface area contributed by atoms with Gasteiger partial charge in [0, 0.05) is 5.69 Å². The first-order chi connectivity index (χ1) is 6.63. The minimum absolute atomic E-state index is 0.108. The van der Waals surface area contributed by atoms with Gasteiger partial charge in [-0.15, -0.1) is 0 Å². The zero-order chi connectivity index (χ0) is 10.6. The number of carbonyl (C=O) groups is 1. The third-order valence-electron chi connectivity index (χ3n) is 1.69. The summed E-state index contributed by atoms with van der Waals surface area (Å²) in [4.78, 5) is 10.7. The van der Waals surface area contributed by atoms with Crippen molar-refractivity contribution >= 4 is 27.4 Å². The number of hydrogen-bond acceptors (Lipinski definition) is 3. The van der Waals surface area contributed by atoms with Gasteiger partial charge in [-0.25, -0.2) is 0 Å². The van der Waals surface area contributed by atoms with Crippen molar-refractivity contribution in [3.63, 3.8) is 0 Å². The Bertz CT molecular complexity index is 339. The average Bonchev–Trinajstić information content (AvgIpc) is 2.15. The highest BCUT2D eigenvalue weighted by atomic mass is 79.9. The molecule has 0 aliphatic heterocycles. The molecule has 1 aromatic rings. The lowest BCUT2D eigenvalue weighted by atomic mass is 10.3. The molecule has 0 saturated carbocycles. The molecule has 0 aromatic heterocycles. The molecule has 76 valence electrons. The minimum Gasteiger partial charge on any atom is -0.496 e. The van der Waals surface area contributed by atoms with Gasteiger partial charge >= 0.3 is 0 Å². The van der Waals surface area contributed by atoms with Gasteiger partial charge in [0.25, 0.3) is 0 Å². The van der Waals surface area contributed by atoms with E-state index in [0.29, 0.717) is 6.54 Å². The van der Waals surface area contributed by atoms with Crippen LogP contribution in [0.2, 0.25) is 0 Å². The van der Waals surface area contributed by atoms with Crippen LogP contribution in [0.25, 0.3) is 0 Å². The molecular weight excluding hydrogens is 246 g/mol. The summed E-state index contributed by atoms with van der Waals surface area (Å²) in [5, 5.41) is 3.00. The number of carbonyl (C=O) groups excluding carboxylic acids is 1. The van der Waals surface area contributed by atoms with E-state index in [2.05, 4.69) is 21.2 Å². The number of ether oxygens (including phenoxy) is 1. The number of ketones is 1. The fraction of sp³-hybridized carbons (Fsp3) is 0.300. The van der Waals surface area contributed by atoms with Gasteiger partial charge in [0.2, 0.25) is 0 Å². The van der Waals surface area contributed by atoms with E-state index < -0.39 is 0 Å². The smallest absolute Gasteiger partial charge is 0.148 e. The van der Waals surface area contributed by atoms with E-state index in [9.17, 15) is 4.79 Å². The van der Waals surface area contributed by atoms with E-state index >= 15 is 0 Å². The van der Waals surface area contributed by atoms with Crippen molar-refractivity contribution in [1.82, 2.24) is 0 Å². The fourth-order valence-electron chi connectivity index (χ4n) is 1.00. The van der Waals surface area contributed by atoms with Crippen LogP contribution < -0.4 is 10.1 Å². The maximum atomic E-state index is 10.7. The van der Waals surface area contributed by atoms with Crippen molar-refractivity contribution in [3.8, 4) is 5.75 Å². The molecule has 4 heteroatoms. The molecule has 14 heavy (non-hydrogen) atoms. The molecule has 1 aromatic carbocycles. The summed E-state index contributed by atoms with van der Waals surface area (Å²) >= 11 is 3.36. The second-order valence-corrected chi connectivity index (χ2v) is 3.76. The topological polar surface area (TPSA) is 38.3 Å². The number of rotatable bonds is 4. The van der Waals surface area contributed by atoms with E-state index in [4.69, 9.17) is 4.74 Å². The predicted octanol–water partition coefficient (Wildman–Crippen LogP) is 2.46. The van der Waals surface area contributed by atoms with Crippen LogP contribution in [0.3, 0.4) is 0 Å². The molecule has 0 unspecified atom stereocenters. The van der Waals surface area contributed by atoms with Crippen molar-refractivity contribution in [1.29, 1.82) is 0 Å². The highest BCUT2D eigenvalue weighted by Crippen LogP contribution is 2.27. The van der Waals surface area contributed by atoms with Gasteiger partial charge in [-0.05, 0) is 41.1 Å². The normalized spacial score (nSPS) is 9.64. The SMILES string of the molecule is COc1ccc(NCC(C)=O)cc1Br. The Balaban J connectivity index is 2.71. The van der Waals surface area contributed by atoms with Gasteiger partial charge in [0.1, 0.15) is 11.5 Å². The van der Waals surface area contributed by atoms with Crippen LogP contribution in [0.1, 0.15) is 6.92 Å². The minimum atomic E-state index is 0.108. The van der Waals surface area contributed by atoms with Gasteiger partial charge in [-0.3, -0.25) is 4.79 Å². The van der Waals surface area contributed by atoms with E-state index in [0.717, 1.165) is 15.9 Å². The molecule has 0 aliphatic carbocycles. The summed E-state index contributed by atoms with van der Waals surface area (Å²) in [6.45, 7) is 1.89. The van der Waals surface area contributed by atoms with Gasteiger partial charge in [0.15, 0.2) is 0 Å². The Morgan fingerprint density at radius 2 is 2.29 bits per heavy atom. The molecule has 1 N–H and O–H groups in total. The van der Waals surface area contributed by atoms with Gasteiger partial charge in [0.05, 0.1) is 18.1 Å². The lowest BCUT2D eigenvalue weighted by molar-refractivity contribution is -0.115. The monoisotopic (exact) mass is 257 g/mol. The Morgan fingerprint density at radius 1 is 1.57 bits per heavy atom. The number of benzene rings is 1. The molecule has 0 aliphatic rings. The molecule has 3 nitrogen and oxygen atoms in total. The molecule has 1 rings (SSSR count). The maximum absolute atomic E-state index is 10.7. The summed E-state index contributed by atoms with van der Waals surface area (Å²) in [7, 11) is 1.61. The second-order valence-electron chi connectivity index (χ2n) is 2.90. The first-order valence-electron chi connectivity index (χ1n) is 4.20. The largest absolute Gasteiger partial charge is 0.496 e. The fourth-order valence-corrected chi connectivity index (χ4v) is 1.54. The van der Waals surface area contributed by atoms with Crippen molar-refractivity contribution in [3.05, 3.63) is 22.7 Å². The van der Waals surface area contributed by atoms with Crippen molar-refractivity contribution in [2.75, 3.05) is 19.0 Å². The maximum Gasteiger partial charge on any atom is 0.148 e. The quantitative estimate of drug-likeness (QED) is 0.901. The number of anilines is 1. The predicted molar refractivity (Wildman–Crippen MR) is 59.9 cm³/mol. The average molecular weight is 258 g/mol. The van der Waals surface area contributed by atoms with Crippen LogP contribution >= 0.6 is 15.9 Å². The number of Topliss-reactive ketones (excluding diaryl/α,β-unsaturated/α-hetero) is 1. The molecule has 0 heterocycles. The first kappa shape index (κ1) is 11.0. The lowest BCUT2D eigenvalue weighted by Gasteiger charge is -2.07.